The minimum Gasteiger partial charge on any atom is -0.370 e. The maximum Gasteiger partial charge on any atom is 0.110 e. The Balaban J connectivity index is 1.70. The van der Waals surface area contributed by atoms with Gasteiger partial charge in [0.2, 0.25) is 0 Å². The molecular weight excluding hydrogens is 296 g/mol. The molecule has 1 unspecified atom stereocenters. The lowest BCUT2D eigenvalue weighted by Crippen LogP contribution is -2.34. The highest BCUT2D eigenvalue weighted by Gasteiger charge is 2.24. The quantitative estimate of drug-likeness (QED) is 0.778. The molecular formula is C17H17ClN4. The van der Waals surface area contributed by atoms with Crippen LogP contribution in [0.15, 0.2) is 42.9 Å². The largest absolute Gasteiger partial charge is 0.370 e. The fourth-order valence-electron chi connectivity index (χ4n) is 3.30. The van der Waals surface area contributed by atoms with Crippen molar-refractivity contribution < 1.29 is 0 Å². The third-order valence-electron chi connectivity index (χ3n) is 4.35. The van der Waals surface area contributed by atoms with Crippen LogP contribution in [0, 0.1) is 0 Å². The molecule has 5 heteroatoms. The second-order valence-electron chi connectivity index (χ2n) is 5.75. The van der Waals surface area contributed by atoms with Crippen molar-refractivity contribution in [2.45, 2.75) is 18.8 Å². The zero-order chi connectivity index (χ0) is 14.9. The predicted molar refractivity (Wildman–Crippen MR) is 89.5 cm³/mol. The van der Waals surface area contributed by atoms with Gasteiger partial charge >= 0.3 is 0 Å². The molecule has 1 aromatic carbocycles. The fraction of sp³-hybridized carbons (Fsp3) is 0.294. The molecule has 3 heterocycles. The molecule has 0 radical (unpaired) electrons. The molecule has 1 aliphatic heterocycles. The third kappa shape index (κ3) is 2.44. The van der Waals surface area contributed by atoms with Gasteiger partial charge in [-0.1, -0.05) is 11.6 Å². The summed E-state index contributed by atoms with van der Waals surface area (Å²) in [6.45, 7) is 2.03. The molecule has 22 heavy (non-hydrogen) atoms. The van der Waals surface area contributed by atoms with Crippen molar-refractivity contribution in [2.75, 3.05) is 18.0 Å². The Bertz CT molecular complexity index is 784. The number of pyridine rings is 1. The van der Waals surface area contributed by atoms with Gasteiger partial charge in [0.05, 0.1) is 5.52 Å². The average molecular weight is 313 g/mol. The normalized spacial score (nSPS) is 18.8. The standard InChI is InChI=1S/C17H17ClN4/c18-13-3-4-15-14(10-13)16(5-6-19-15)22-9-1-2-12(11-22)17-20-7-8-21-17/h3-8,10,12H,1-2,9,11H2,(H,20,21). The summed E-state index contributed by atoms with van der Waals surface area (Å²) in [5.41, 5.74) is 2.20. The Morgan fingerprint density at radius 3 is 3.00 bits per heavy atom. The van der Waals surface area contributed by atoms with Gasteiger partial charge in [-0.05, 0) is 37.1 Å². The number of anilines is 1. The van der Waals surface area contributed by atoms with E-state index in [0.717, 1.165) is 41.3 Å². The van der Waals surface area contributed by atoms with Gasteiger partial charge in [0, 0.05) is 53.7 Å². The zero-order valence-electron chi connectivity index (χ0n) is 12.2. The number of halogens is 1. The van der Waals surface area contributed by atoms with E-state index >= 15 is 0 Å². The lowest BCUT2D eigenvalue weighted by molar-refractivity contribution is 0.495. The second kappa shape index (κ2) is 5.61. The maximum absolute atomic E-state index is 6.18. The molecule has 0 amide bonds. The summed E-state index contributed by atoms with van der Waals surface area (Å²) in [7, 11) is 0. The summed E-state index contributed by atoms with van der Waals surface area (Å²) < 4.78 is 0. The molecule has 0 aliphatic carbocycles. The first kappa shape index (κ1) is 13.6. The van der Waals surface area contributed by atoms with Crippen molar-refractivity contribution in [2.24, 2.45) is 0 Å². The molecule has 1 saturated heterocycles. The highest BCUT2D eigenvalue weighted by molar-refractivity contribution is 6.31. The van der Waals surface area contributed by atoms with Crippen LogP contribution in [0.5, 0.6) is 0 Å². The van der Waals surface area contributed by atoms with Gasteiger partial charge in [-0.25, -0.2) is 4.98 Å². The molecule has 1 atom stereocenters. The van der Waals surface area contributed by atoms with Crippen LogP contribution in [0.3, 0.4) is 0 Å². The van der Waals surface area contributed by atoms with Crippen molar-refractivity contribution in [1.29, 1.82) is 0 Å². The molecule has 2 aromatic heterocycles. The van der Waals surface area contributed by atoms with Crippen LogP contribution in [-0.2, 0) is 0 Å². The number of nitrogens with zero attached hydrogens (tertiary/aromatic N) is 3. The molecule has 1 fully saturated rings. The number of hydrogen-bond acceptors (Lipinski definition) is 3. The predicted octanol–water partition coefficient (Wildman–Crippen LogP) is 4.00. The van der Waals surface area contributed by atoms with E-state index in [9.17, 15) is 0 Å². The number of benzene rings is 1. The average Bonchev–Trinajstić information content (AvgIpc) is 3.09. The van der Waals surface area contributed by atoms with Crippen molar-refractivity contribution in [3.05, 3.63) is 53.7 Å². The number of nitrogens with one attached hydrogen (secondary N) is 1. The van der Waals surface area contributed by atoms with Crippen LogP contribution < -0.4 is 4.90 Å². The number of aromatic amines is 1. The van der Waals surface area contributed by atoms with Crippen LogP contribution in [0.25, 0.3) is 10.9 Å². The monoisotopic (exact) mass is 312 g/mol. The summed E-state index contributed by atoms with van der Waals surface area (Å²) >= 11 is 6.18. The lowest BCUT2D eigenvalue weighted by atomic mass is 9.96. The van der Waals surface area contributed by atoms with Crippen molar-refractivity contribution >= 4 is 28.2 Å². The van der Waals surface area contributed by atoms with E-state index in [4.69, 9.17) is 11.6 Å². The molecule has 1 aliphatic rings. The van der Waals surface area contributed by atoms with Crippen LogP contribution in [0.2, 0.25) is 5.02 Å². The minimum atomic E-state index is 0.450. The summed E-state index contributed by atoms with van der Waals surface area (Å²) in [5.74, 6) is 1.53. The van der Waals surface area contributed by atoms with E-state index in [1.54, 1.807) is 0 Å². The van der Waals surface area contributed by atoms with Gasteiger partial charge < -0.3 is 9.88 Å². The molecule has 0 spiro atoms. The van der Waals surface area contributed by atoms with E-state index in [2.05, 4.69) is 25.9 Å². The van der Waals surface area contributed by atoms with Crippen molar-refractivity contribution in [1.82, 2.24) is 15.0 Å². The van der Waals surface area contributed by atoms with Crippen LogP contribution in [0.1, 0.15) is 24.6 Å². The Labute approximate surface area is 134 Å². The number of hydrogen-bond donors (Lipinski definition) is 1. The first-order valence-electron chi connectivity index (χ1n) is 7.60. The number of piperidine rings is 1. The molecule has 4 rings (SSSR count). The van der Waals surface area contributed by atoms with Crippen LogP contribution in [-0.4, -0.2) is 28.0 Å². The van der Waals surface area contributed by atoms with Gasteiger partial charge in [0.25, 0.3) is 0 Å². The molecule has 0 bridgehead atoms. The van der Waals surface area contributed by atoms with Crippen LogP contribution >= 0.6 is 11.6 Å². The third-order valence-corrected chi connectivity index (χ3v) is 4.58. The highest BCUT2D eigenvalue weighted by Crippen LogP contribution is 2.33. The van der Waals surface area contributed by atoms with Crippen molar-refractivity contribution in [3.8, 4) is 0 Å². The van der Waals surface area contributed by atoms with Crippen LogP contribution in [0.4, 0.5) is 5.69 Å². The van der Waals surface area contributed by atoms with Gasteiger partial charge in [0.15, 0.2) is 0 Å². The maximum atomic E-state index is 6.18. The number of fused-ring (bicyclic) bond motifs is 1. The molecule has 3 aromatic rings. The fourth-order valence-corrected chi connectivity index (χ4v) is 3.47. The summed E-state index contributed by atoms with van der Waals surface area (Å²) in [6, 6.07) is 7.97. The van der Waals surface area contributed by atoms with E-state index < -0.39 is 0 Å². The summed E-state index contributed by atoms with van der Waals surface area (Å²) in [5, 5.41) is 1.87. The Morgan fingerprint density at radius 2 is 2.14 bits per heavy atom. The molecule has 1 N–H and O–H groups in total. The topological polar surface area (TPSA) is 44.8 Å². The lowest BCUT2D eigenvalue weighted by Gasteiger charge is -2.34. The van der Waals surface area contributed by atoms with Gasteiger partial charge in [0.1, 0.15) is 5.82 Å². The number of imidazole rings is 1. The van der Waals surface area contributed by atoms with E-state index in [1.807, 2.05) is 36.8 Å². The first-order chi connectivity index (χ1) is 10.8. The zero-order valence-corrected chi connectivity index (χ0v) is 12.9. The molecule has 112 valence electrons. The highest BCUT2D eigenvalue weighted by atomic mass is 35.5. The van der Waals surface area contributed by atoms with Gasteiger partial charge in [-0.2, -0.15) is 0 Å². The van der Waals surface area contributed by atoms with E-state index in [0.29, 0.717) is 5.92 Å². The summed E-state index contributed by atoms with van der Waals surface area (Å²) in [6.07, 6.45) is 7.94. The Morgan fingerprint density at radius 1 is 1.18 bits per heavy atom. The Kier molecular flexibility index (Phi) is 3.47. The Hall–Kier alpha value is -2.07. The summed E-state index contributed by atoms with van der Waals surface area (Å²) in [4.78, 5) is 14.6. The number of aromatic nitrogens is 3. The number of H-pyrrole nitrogens is 1. The SMILES string of the molecule is Clc1ccc2nccc(N3CCCC(c4ncc[nH]4)C3)c2c1. The molecule has 0 saturated carbocycles. The first-order valence-corrected chi connectivity index (χ1v) is 7.97. The van der Waals surface area contributed by atoms with E-state index in [-0.39, 0.29) is 0 Å². The van der Waals surface area contributed by atoms with Gasteiger partial charge in [-0.3, -0.25) is 4.98 Å². The van der Waals surface area contributed by atoms with Crippen molar-refractivity contribution in [3.63, 3.8) is 0 Å². The minimum absolute atomic E-state index is 0.450. The number of rotatable bonds is 2. The smallest absolute Gasteiger partial charge is 0.110 e. The van der Waals surface area contributed by atoms with E-state index in [1.165, 1.54) is 12.1 Å². The van der Waals surface area contributed by atoms with Gasteiger partial charge in [-0.15, -0.1) is 0 Å². The second-order valence-corrected chi connectivity index (χ2v) is 6.19. The molecule has 4 nitrogen and oxygen atoms in total.